The van der Waals surface area contributed by atoms with Gasteiger partial charge in [0.25, 0.3) is 0 Å². The van der Waals surface area contributed by atoms with Crippen LogP contribution in [0.25, 0.3) is 0 Å². The zero-order valence-electron chi connectivity index (χ0n) is 22.5. The summed E-state index contributed by atoms with van der Waals surface area (Å²) in [5, 5.41) is 16.1. The molecular formula is C31H40N2O4. The van der Waals surface area contributed by atoms with Crippen molar-refractivity contribution in [2.24, 2.45) is 0 Å². The van der Waals surface area contributed by atoms with Gasteiger partial charge in [-0.2, -0.15) is 0 Å². The molecule has 0 unspecified atom stereocenters. The minimum Gasteiger partial charge on any atom is -0.489 e. The van der Waals surface area contributed by atoms with Crippen molar-refractivity contribution in [2.75, 3.05) is 23.7 Å². The number of benzene rings is 3. The van der Waals surface area contributed by atoms with Crippen molar-refractivity contribution in [2.45, 2.75) is 66.6 Å². The Balaban J connectivity index is 1.76. The second-order valence-electron chi connectivity index (χ2n) is 9.32. The molecule has 3 aromatic rings. The molecule has 0 aliphatic heterocycles. The summed E-state index contributed by atoms with van der Waals surface area (Å²) in [6, 6.07) is 18.1. The highest BCUT2D eigenvalue weighted by molar-refractivity contribution is 5.67. The monoisotopic (exact) mass is 504 g/mol. The zero-order valence-corrected chi connectivity index (χ0v) is 22.5. The first-order chi connectivity index (χ1) is 17.9. The Labute approximate surface area is 221 Å². The molecule has 0 saturated carbocycles. The van der Waals surface area contributed by atoms with E-state index < -0.39 is 5.97 Å². The normalized spacial score (nSPS) is 10.7. The van der Waals surface area contributed by atoms with Crippen molar-refractivity contribution in [3.05, 3.63) is 82.4 Å². The fourth-order valence-corrected chi connectivity index (χ4v) is 4.10. The van der Waals surface area contributed by atoms with E-state index >= 15 is 0 Å². The molecule has 0 aromatic heterocycles. The average Bonchev–Trinajstić information content (AvgIpc) is 2.89. The lowest BCUT2D eigenvalue weighted by Gasteiger charge is -2.16. The highest BCUT2D eigenvalue weighted by Gasteiger charge is 2.10. The van der Waals surface area contributed by atoms with Gasteiger partial charge in [0.2, 0.25) is 0 Å². The molecule has 3 N–H and O–H groups in total. The molecule has 6 heteroatoms. The van der Waals surface area contributed by atoms with Crippen LogP contribution >= 0.6 is 0 Å². The van der Waals surface area contributed by atoms with E-state index in [4.69, 9.17) is 9.47 Å². The van der Waals surface area contributed by atoms with Gasteiger partial charge >= 0.3 is 5.97 Å². The molecule has 3 rings (SSSR count). The first kappa shape index (κ1) is 27.9. The van der Waals surface area contributed by atoms with E-state index in [1.807, 2.05) is 30.3 Å². The third kappa shape index (κ3) is 8.45. The number of nitrogens with one attached hydrogen (secondary N) is 2. The third-order valence-electron chi connectivity index (χ3n) is 6.38. The van der Waals surface area contributed by atoms with Crippen LogP contribution in [0.15, 0.2) is 54.6 Å². The first-order valence-corrected chi connectivity index (χ1v) is 13.2. The predicted molar refractivity (Wildman–Crippen MR) is 151 cm³/mol. The maximum absolute atomic E-state index is 11.2. The zero-order chi connectivity index (χ0) is 26.6. The Kier molecular flexibility index (Phi) is 10.7. The Morgan fingerprint density at radius 2 is 1.27 bits per heavy atom. The number of aliphatic carboxylic acids is 1. The van der Waals surface area contributed by atoms with E-state index in [1.165, 1.54) is 11.1 Å². The van der Waals surface area contributed by atoms with Crippen LogP contribution in [0.3, 0.4) is 0 Å². The fraction of sp³-hybridized carbons (Fsp3) is 0.387. The molecule has 0 bridgehead atoms. The van der Waals surface area contributed by atoms with E-state index in [-0.39, 0.29) is 6.42 Å². The van der Waals surface area contributed by atoms with Crippen molar-refractivity contribution in [1.29, 1.82) is 0 Å². The number of rotatable bonds is 15. The maximum atomic E-state index is 11.2. The standard InChI is InChI=1S/C31H40N2O4/c1-5-15-32-29-11-7-9-25(22(29)3)20-36-27-17-24(13-14-31(34)35)18-28(19-27)37-21-26-10-8-12-30(23(26)4)33-16-6-2/h7-12,17-19,32-33H,5-6,13-16,20-21H2,1-4H3,(H,34,35). The van der Waals surface area contributed by atoms with E-state index in [0.717, 1.165) is 54.0 Å². The second kappa shape index (κ2) is 14.2. The van der Waals surface area contributed by atoms with Gasteiger partial charge in [-0.15, -0.1) is 0 Å². The van der Waals surface area contributed by atoms with Crippen LogP contribution < -0.4 is 20.1 Å². The molecule has 0 spiro atoms. The van der Waals surface area contributed by atoms with Gasteiger partial charge < -0.3 is 25.2 Å². The highest BCUT2D eigenvalue weighted by atomic mass is 16.5. The Morgan fingerprint density at radius 1 is 0.784 bits per heavy atom. The van der Waals surface area contributed by atoms with Crippen molar-refractivity contribution < 1.29 is 19.4 Å². The summed E-state index contributed by atoms with van der Waals surface area (Å²) < 4.78 is 12.4. The summed E-state index contributed by atoms with van der Waals surface area (Å²) in [5.41, 5.74) is 7.66. The van der Waals surface area contributed by atoms with Gasteiger partial charge in [-0.05, 0) is 85.2 Å². The summed E-state index contributed by atoms with van der Waals surface area (Å²) in [6.45, 7) is 11.2. The second-order valence-corrected chi connectivity index (χ2v) is 9.32. The Hall–Kier alpha value is -3.67. The van der Waals surface area contributed by atoms with Crippen LogP contribution in [-0.4, -0.2) is 24.2 Å². The molecule has 0 aliphatic rings. The summed E-state index contributed by atoms with van der Waals surface area (Å²) >= 11 is 0. The topological polar surface area (TPSA) is 79.8 Å². The smallest absolute Gasteiger partial charge is 0.303 e. The molecule has 0 aliphatic carbocycles. The minimum atomic E-state index is -0.826. The number of carbonyl (C=O) groups is 1. The van der Waals surface area contributed by atoms with Crippen LogP contribution in [0.2, 0.25) is 0 Å². The molecule has 0 heterocycles. The molecule has 198 valence electrons. The molecule has 3 aromatic carbocycles. The van der Waals surface area contributed by atoms with Gasteiger partial charge in [-0.3, -0.25) is 4.79 Å². The summed E-state index contributed by atoms with van der Waals surface area (Å²) in [5.74, 6) is 0.506. The van der Waals surface area contributed by atoms with E-state index in [0.29, 0.717) is 31.1 Å². The van der Waals surface area contributed by atoms with Gasteiger partial charge in [-0.1, -0.05) is 38.1 Å². The van der Waals surface area contributed by atoms with E-state index in [1.54, 1.807) is 0 Å². The SMILES string of the molecule is CCCNc1cccc(COc2cc(CCC(=O)O)cc(OCc3cccc(NCCC)c3C)c2)c1C. The molecular weight excluding hydrogens is 464 g/mol. The van der Waals surface area contributed by atoms with E-state index in [9.17, 15) is 9.90 Å². The lowest BCUT2D eigenvalue weighted by atomic mass is 10.1. The lowest BCUT2D eigenvalue weighted by Crippen LogP contribution is -2.06. The molecule has 0 atom stereocenters. The number of carboxylic acid groups (broad SMARTS) is 1. The summed E-state index contributed by atoms with van der Waals surface area (Å²) in [6.07, 6.45) is 2.58. The van der Waals surface area contributed by atoms with E-state index in [2.05, 4.69) is 62.6 Å². The number of ether oxygens (including phenoxy) is 2. The molecule has 0 fully saturated rings. The Morgan fingerprint density at radius 3 is 1.70 bits per heavy atom. The average molecular weight is 505 g/mol. The molecule has 0 radical (unpaired) electrons. The number of hydrogen-bond donors (Lipinski definition) is 3. The summed E-state index contributed by atoms with van der Waals surface area (Å²) in [7, 11) is 0. The van der Waals surface area contributed by atoms with Gasteiger partial charge in [0.05, 0.1) is 0 Å². The van der Waals surface area contributed by atoms with Crippen LogP contribution in [0, 0.1) is 13.8 Å². The number of anilines is 2. The van der Waals surface area contributed by atoms with Crippen LogP contribution in [0.1, 0.15) is 60.9 Å². The van der Waals surface area contributed by atoms with Crippen molar-refractivity contribution in [3.8, 4) is 11.5 Å². The molecule has 0 amide bonds. The lowest BCUT2D eigenvalue weighted by molar-refractivity contribution is -0.136. The summed E-state index contributed by atoms with van der Waals surface area (Å²) in [4.78, 5) is 11.2. The van der Waals surface area contributed by atoms with Crippen molar-refractivity contribution in [3.63, 3.8) is 0 Å². The number of carboxylic acids is 1. The van der Waals surface area contributed by atoms with Gasteiger partial charge in [-0.25, -0.2) is 0 Å². The van der Waals surface area contributed by atoms with Crippen molar-refractivity contribution in [1.82, 2.24) is 0 Å². The predicted octanol–water partition coefficient (Wildman–Crippen LogP) is 7.12. The van der Waals surface area contributed by atoms with Gasteiger partial charge in [0.15, 0.2) is 0 Å². The third-order valence-corrected chi connectivity index (χ3v) is 6.38. The molecule has 0 saturated heterocycles. The maximum Gasteiger partial charge on any atom is 0.303 e. The number of aryl methyl sites for hydroxylation is 1. The molecule has 6 nitrogen and oxygen atoms in total. The van der Waals surface area contributed by atoms with Crippen LogP contribution in [-0.2, 0) is 24.4 Å². The first-order valence-electron chi connectivity index (χ1n) is 13.2. The Bertz CT molecular complexity index is 1100. The van der Waals surface area contributed by atoms with Gasteiger partial charge in [0.1, 0.15) is 24.7 Å². The number of hydrogen-bond acceptors (Lipinski definition) is 5. The fourth-order valence-electron chi connectivity index (χ4n) is 4.10. The van der Waals surface area contributed by atoms with Crippen molar-refractivity contribution >= 4 is 17.3 Å². The van der Waals surface area contributed by atoms with Gasteiger partial charge in [0, 0.05) is 37.0 Å². The highest BCUT2D eigenvalue weighted by Crippen LogP contribution is 2.28. The minimum absolute atomic E-state index is 0.0530. The quantitative estimate of drug-likeness (QED) is 0.204. The molecule has 37 heavy (non-hydrogen) atoms. The largest absolute Gasteiger partial charge is 0.489 e. The van der Waals surface area contributed by atoms with Crippen LogP contribution in [0.5, 0.6) is 11.5 Å². The van der Waals surface area contributed by atoms with Crippen LogP contribution in [0.4, 0.5) is 11.4 Å².